The molecule has 0 spiro atoms. The maximum atomic E-state index is 12.4. The Morgan fingerprint density at radius 3 is 2.46 bits per heavy atom. The zero-order valence-electron chi connectivity index (χ0n) is 13.1. The maximum Gasteiger partial charge on any atom is 0.267 e. The zero-order chi connectivity index (χ0) is 16.9. The molecule has 1 amide bonds. The molecular formula is C18H16N4O2. The number of rotatable bonds is 4. The molecule has 0 radical (unpaired) electrons. The van der Waals surface area contributed by atoms with Gasteiger partial charge in [-0.1, -0.05) is 30.3 Å². The van der Waals surface area contributed by atoms with Gasteiger partial charge in [0, 0.05) is 29.7 Å². The number of pyridine rings is 1. The number of carbonyl (C=O) groups excluding carboxylic acids is 1. The van der Waals surface area contributed by atoms with Crippen molar-refractivity contribution >= 4 is 11.6 Å². The van der Waals surface area contributed by atoms with Gasteiger partial charge in [0.1, 0.15) is 6.04 Å². The van der Waals surface area contributed by atoms with E-state index in [0.717, 1.165) is 5.56 Å². The molecule has 0 aliphatic heterocycles. The molecule has 0 aliphatic rings. The zero-order valence-corrected chi connectivity index (χ0v) is 13.1. The minimum Gasteiger partial charge on any atom is -0.324 e. The van der Waals surface area contributed by atoms with Crippen LogP contribution in [0.4, 0.5) is 5.69 Å². The monoisotopic (exact) mass is 320 g/mol. The smallest absolute Gasteiger partial charge is 0.267 e. The van der Waals surface area contributed by atoms with Crippen molar-refractivity contribution in [1.82, 2.24) is 14.8 Å². The molecule has 1 unspecified atom stereocenters. The molecule has 0 fully saturated rings. The maximum absolute atomic E-state index is 12.4. The Bertz CT molecular complexity index is 892. The first-order chi connectivity index (χ1) is 11.6. The Balaban J connectivity index is 1.88. The number of hydrogen-bond acceptors (Lipinski definition) is 4. The molecule has 0 bridgehead atoms. The van der Waals surface area contributed by atoms with Gasteiger partial charge in [-0.25, -0.2) is 4.68 Å². The van der Waals surface area contributed by atoms with Crippen LogP contribution in [-0.2, 0) is 4.79 Å². The normalized spacial score (nSPS) is 11.7. The Hall–Kier alpha value is -3.28. The van der Waals surface area contributed by atoms with Crippen LogP contribution in [0.3, 0.4) is 0 Å². The third kappa shape index (κ3) is 3.38. The lowest BCUT2D eigenvalue weighted by molar-refractivity contribution is -0.119. The third-order valence-electron chi connectivity index (χ3n) is 3.59. The summed E-state index contributed by atoms with van der Waals surface area (Å²) < 4.78 is 1.19. The van der Waals surface area contributed by atoms with Gasteiger partial charge in [-0.3, -0.25) is 14.6 Å². The van der Waals surface area contributed by atoms with E-state index >= 15 is 0 Å². The van der Waals surface area contributed by atoms with Gasteiger partial charge in [-0.15, -0.1) is 0 Å². The molecule has 3 aromatic rings. The van der Waals surface area contributed by atoms with Crippen molar-refractivity contribution in [2.24, 2.45) is 0 Å². The van der Waals surface area contributed by atoms with E-state index in [0.29, 0.717) is 11.4 Å². The average molecular weight is 320 g/mol. The van der Waals surface area contributed by atoms with Crippen LogP contribution in [-0.4, -0.2) is 20.7 Å². The highest BCUT2D eigenvalue weighted by Crippen LogP contribution is 2.15. The van der Waals surface area contributed by atoms with Crippen molar-refractivity contribution in [1.29, 1.82) is 0 Å². The van der Waals surface area contributed by atoms with Gasteiger partial charge in [0.05, 0.1) is 5.69 Å². The van der Waals surface area contributed by atoms with Crippen molar-refractivity contribution in [3.8, 4) is 11.3 Å². The van der Waals surface area contributed by atoms with E-state index in [1.165, 1.54) is 10.7 Å². The van der Waals surface area contributed by atoms with Crippen LogP contribution < -0.4 is 10.9 Å². The van der Waals surface area contributed by atoms with Gasteiger partial charge in [0.15, 0.2) is 0 Å². The summed E-state index contributed by atoms with van der Waals surface area (Å²) in [6.45, 7) is 1.64. The predicted molar refractivity (Wildman–Crippen MR) is 91.5 cm³/mol. The van der Waals surface area contributed by atoms with Crippen LogP contribution in [0.2, 0.25) is 0 Å². The first-order valence-corrected chi connectivity index (χ1v) is 7.51. The summed E-state index contributed by atoms with van der Waals surface area (Å²) in [5.74, 6) is -0.319. The molecule has 0 saturated carbocycles. The third-order valence-corrected chi connectivity index (χ3v) is 3.59. The highest BCUT2D eigenvalue weighted by molar-refractivity contribution is 5.93. The highest BCUT2D eigenvalue weighted by atomic mass is 16.2. The van der Waals surface area contributed by atoms with Gasteiger partial charge in [-0.2, -0.15) is 5.10 Å². The van der Waals surface area contributed by atoms with Crippen LogP contribution in [0.1, 0.15) is 13.0 Å². The molecule has 24 heavy (non-hydrogen) atoms. The van der Waals surface area contributed by atoms with Crippen LogP contribution in [0.5, 0.6) is 0 Å². The summed E-state index contributed by atoms with van der Waals surface area (Å²) in [4.78, 5) is 28.4. The summed E-state index contributed by atoms with van der Waals surface area (Å²) in [7, 11) is 0. The van der Waals surface area contributed by atoms with E-state index < -0.39 is 6.04 Å². The summed E-state index contributed by atoms with van der Waals surface area (Å²) in [5.41, 5.74) is 1.81. The van der Waals surface area contributed by atoms with Gasteiger partial charge < -0.3 is 5.32 Å². The van der Waals surface area contributed by atoms with Crippen molar-refractivity contribution in [2.75, 3.05) is 5.32 Å². The summed E-state index contributed by atoms with van der Waals surface area (Å²) in [6, 6.07) is 15.2. The van der Waals surface area contributed by atoms with E-state index in [-0.39, 0.29) is 11.5 Å². The Labute approximate surface area is 138 Å². The highest BCUT2D eigenvalue weighted by Gasteiger charge is 2.18. The van der Waals surface area contributed by atoms with Gasteiger partial charge in [0.25, 0.3) is 5.56 Å². The minimum atomic E-state index is -0.741. The first-order valence-electron chi connectivity index (χ1n) is 7.51. The summed E-state index contributed by atoms with van der Waals surface area (Å²) in [5, 5.41) is 7.08. The minimum absolute atomic E-state index is 0.319. The van der Waals surface area contributed by atoms with Crippen LogP contribution in [0, 0.1) is 0 Å². The van der Waals surface area contributed by atoms with Gasteiger partial charge in [-0.05, 0) is 25.1 Å². The second kappa shape index (κ2) is 6.87. The van der Waals surface area contributed by atoms with Crippen molar-refractivity contribution in [3.63, 3.8) is 0 Å². The Morgan fingerprint density at radius 2 is 1.75 bits per heavy atom. The molecule has 1 N–H and O–H groups in total. The number of aromatic nitrogens is 3. The molecule has 0 aliphatic carbocycles. The summed E-state index contributed by atoms with van der Waals surface area (Å²) in [6.07, 6.45) is 3.17. The lowest BCUT2D eigenvalue weighted by Crippen LogP contribution is -2.33. The van der Waals surface area contributed by atoms with Crippen LogP contribution in [0.25, 0.3) is 11.3 Å². The fourth-order valence-corrected chi connectivity index (χ4v) is 2.26. The van der Waals surface area contributed by atoms with E-state index in [2.05, 4.69) is 15.4 Å². The number of amides is 1. The molecule has 6 heteroatoms. The van der Waals surface area contributed by atoms with Crippen LogP contribution >= 0.6 is 0 Å². The average Bonchev–Trinajstić information content (AvgIpc) is 2.63. The number of carbonyl (C=O) groups is 1. The lowest BCUT2D eigenvalue weighted by Gasteiger charge is -2.15. The van der Waals surface area contributed by atoms with Crippen molar-refractivity contribution in [2.45, 2.75) is 13.0 Å². The molecular weight excluding hydrogens is 304 g/mol. The second-order valence-corrected chi connectivity index (χ2v) is 5.27. The van der Waals surface area contributed by atoms with Gasteiger partial charge in [0.2, 0.25) is 5.91 Å². The summed E-state index contributed by atoms with van der Waals surface area (Å²) >= 11 is 0. The Morgan fingerprint density at radius 1 is 1.04 bits per heavy atom. The first kappa shape index (κ1) is 15.6. The number of benzene rings is 1. The Kier molecular flexibility index (Phi) is 4.47. The fraction of sp³-hybridized carbons (Fsp3) is 0.111. The van der Waals surface area contributed by atoms with Crippen molar-refractivity contribution < 1.29 is 4.79 Å². The molecule has 120 valence electrons. The molecule has 2 heterocycles. The largest absolute Gasteiger partial charge is 0.324 e. The second-order valence-electron chi connectivity index (χ2n) is 5.27. The standard InChI is InChI=1S/C18H16N4O2/c1-13(18(24)20-15-9-11-19-12-10-15)22-17(23)8-7-16(21-22)14-5-3-2-4-6-14/h2-13H,1H3,(H,19,20,24). The molecule has 1 aromatic carbocycles. The van der Waals surface area contributed by atoms with E-state index in [9.17, 15) is 9.59 Å². The van der Waals surface area contributed by atoms with E-state index in [4.69, 9.17) is 0 Å². The van der Waals surface area contributed by atoms with E-state index in [1.807, 2.05) is 30.3 Å². The number of anilines is 1. The quantitative estimate of drug-likeness (QED) is 0.801. The topological polar surface area (TPSA) is 76.9 Å². The predicted octanol–water partition coefficient (Wildman–Crippen LogP) is 2.51. The van der Waals surface area contributed by atoms with Gasteiger partial charge >= 0.3 is 0 Å². The molecule has 6 nitrogen and oxygen atoms in total. The number of nitrogens with zero attached hydrogens (tertiary/aromatic N) is 3. The van der Waals surface area contributed by atoms with E-state index in [1.54, 1.807) is 37.5 Å². The molecule has 1 atom stereocenters. The molecule has 2 aromatic heterocycles. The van der Waals surface area contributed by atoms with Crippen molar-refractivity contribution in [3.05, 3.63) is 77.3 Å². The van der Waals surface area contributed by atoms with Crippen LogP contribution in [0.15, 0.2) is 71.8 Å². The SMILES string of the molecule is CC(C(=O)Nc1ccncc1)n1nc(-c2ccccc2)ccc1=O. The lowest BCUT2D eigenvalue weighted by atomic mass is 10.1. The molecule has 3 rings (SSSR count). The number of hydrogen-bond donors (Lipinski definition) is 1. The fourth-order valence-electron chi connectivity index (χ4n) is 2.26. The number of nitrogens with one attached hydrogen (secondary N) is 1. The molecule has 0 saturated heterocycles.